The molecular formula is C13H9Cl2NO4. The van der Waals surface area contributed by atoms with Gasteiger partial charge in [0.25, 0.3) is 11.8 Å². The largest absolute Gasteiger partial charge is 0.460 e. The fourth-order valence-electron chi connectivity index (χ4n) is 1.61. The highest BCUT2D eigenvalue weighted by atomic mass is 35.5. The van der Waals surface area contributed by atoms with E-state index in [4.69, 9.17) is 27.9 Å². The molecule has 0 N–H and O–H groups in total. The predicted octanol–water partition coefficient (Wildman–Crippen LogP) is 1.90. The molecule has 0 fully saturated rings. The highest BCUT2D eigenvalue weighted by molar-refractivity contribution is 6.58. The first kappa shape index (κ1) is 14.6. The third-order valence-corrected chi connectivity index (χ3v) is 3.41. The van der Waals surface area contributed by atoms with E-state index in [1.807, 2.05) is 0 Å². The number of imide groups is 1. The smallest absolute Gasteiger partial charge is 0.338 e. The summed E-state index contributed by atoms with van der Waals surface area (Å²) >= 11 is 11.1. The highest BCUT2D eigenvalue weighted by Gasteiger charge is 2.36. The Hall–Kier alpha value is -1.85. The molecule has 1 heterocycles. The maximum atomic E-state index is 11.6. The molecule has 0 spiro atoms. The van der Waals surface area contributed by atoms with E-state index in [0.717, 1.165) is 4.90 Å². The predicted molar refractivity (Wildman–Crippen MR) is 72.2 cm³/mol. The molecule has 1 aliphatic rings. The van der Waals surface area contributed by atoms with Crippen molar-refractivity contribution < 1.29 is 19.1 Å². The minimum absolute atomic E-state index is 0.0946. The molecule has 2 rings (SSSR count). The second kappa shape index (κ2) is 6.07. The van der Waals surface area contributed by atoms with Gasteiger partial charge in [0.1, 0.15) is 16.7 Å². The Morgan fingerprint density at radius 1 is 1.05 bits per heavy atom. The zero-order chi connectivity index (χ0) is 14.7. The maximum absolute atomic E-state index is 11.6. The van der Waals surface area contributed by atoms with E-state index in [0.29, 0.717) is 5.56 Å². The van der Waals surface area contributed by atoms with E-state index in [-0.39, 0.29) is 23.2 Å². The van der Waals surface area contributed by atoms with Crippen LogP contribution in [0.5, 0.6) is 0 Å². The van der Waals surface area contributed by atoms with Crippen LogP contribution >= 0.6 is 23.2 Å². The standard InChI is InChI=1S/C13H9Cl2NO4/c14-9-10(15)12(18)16(11(9)17)6-7-20-13(19)8-4-2-1-3-5-8/h1-5H,6-7H2. The van der Waals surface area contributed by atoms with Crippen molar-refractivity contribution in [2.45, 2.75) is 0 Å². The maximum Gasteiger partial charge on any atom is 0.338 e. The summed E-state index contributed by atoms with van der Waals surface area (Å²) in [6, 6.07) is 8.38. The van der Waals surface area contributed by atoms with Crippen molar-refractivity contribution >= 4 is 41.0 Å². The van der Waals surface area contributed by atoms with Gasteiger partial charge in [-0.2, -0.15) is 0 Å². The molecule has 1 aliphatic heterocycles. The lowest BCUT2D eigenvalue weighted by Gasteiger charge is -2.13. The van der Waals surface area contributed by atoms with Gasteiger partial charge >= 0.3 is 5.97 Å². The third-order valence-electron chi connectivity index (χ3n) is 2.62. The van der Waals surface area contributed by atoms with Crippen molar-refractivity contribution in [1.82, 2.24) is 4.90 Å². The number of carbonyl (C=O) groups excluding carboxylic acids is 3. The molecule has 1 aromatic rings. The summed E-state index contributed by atoms with van der Waals surface area (Å²) in [6.07, 6.45) is 0. The Balaban J connectivity index is 1.88. The topological polar surface area (TPSA) is 63.7 Å². The van der Waals surface area contributed by atoms with Crippen molar-refractivity contribution in [2.24, 2.45) is 0 Å². The summed E-state index contributed by atoms with van der Waals surface area (Å²) in [6.45, 7) is -0.220. The fraction of sp³-hybridized carbons (Fsp3) is 0.154. The SMILES string of the molecule is O=C(OCCN1C(=O)C(Cl)=C(Cl)C1=O)c1ccccc1. The van der Waals surface area contributed by atoms with E-state index >= 15 is 0 Å². The first-order chi connectivity index (χ1) is 9.52. The van der Waals surface area contributed by atoms with Gasteiger partial charge in [0.2, 0.25) is 0 Å². The summed E-state index contributed by atoms with van der Waals surface area (Å²) in [4.78, 5) is 35.6. The summed E-state index contributed by atoms with van der Waals surface area (Å²) in [5, 5.41) is -0.628. The Morgan fingerprint density at radius 3 is 2.15 bits per heavy atom. The van der Waals surface area contributed by atoms with Crippen molar-refractivity contribution in [2.75, 3.05) is 13.2 Å². The van der Waals surface area contributed by atoms with Crippen LogP contribution in [0.4, 0.5) is 0 Å². The molecule has 0 atom stereocenters. The number of hydrogen-bond donors (Lipinski definition) is 0. The number of esters is 1. The Labute approximate surface area is 124 Å². The number of rotatable bonds is 4. The number of halogens is 2. The van der Waals surface area contributed by atoms with Gasteiger partial charge in [-0.1, -0.05) is 41.4 Å². The van der Waals surface area contributed by atoms with Gasteiger partial charge in [0, 0.05) is 0 Å². The molecule has 5 nitrogen and oxygen atoms in total. The summed E-state index contributed by atoms with van der Waals surface area (Å²) in [7, 11) is 0. The molecule has 0 aliphatic carbocycles. The molecule has 7 heteroatoms. The van der Waals surface area contributed by atoms with E-state index in [9.17, 15) is 14.4 Å². The average molecular weight is 314 g/mol. The van der Waals surface area contributed by atoms with Gasteiger partial charge in [-0.3, -0.25) is 14.5 Å². The van der Waals surface area contributed by atoms with Gasteiger partial charge in [-0.05, 0) is 12.1 Å². The van der Waals surface area contributed by atoms with Crippen LogP contribution in [-0.2, 0) is 14.3 Å². The quantitative estimate of drug-likeness (QED) is 0.629. The molecule has 20 heavy (non-hydrogen) atoms. The van der Waals surface area contributed by atoms with Crippen LogP contribution in [0.15, 0.2) is 40.4 Å². The summed E-state index contributed by atoms with van der Waals surface area (Å²) < 4.78 is 4.97. The molecule has 0 bridgehead atoms. The van der Waals surface area contributed by atoms with E-state index in [1.165, 1.54) is 0 Å². The molecular weight excluding hydrogens is 305 g/mol. The highest BCUT2D eigenvalue weighted by Crippen LogP contribution is 2.26. The molecule has 0 aromatic heterocycles. The lowest BCUT2D eigenvalue weighted by Crippen LogP contribution is -2.34. The van der Waals surface area contributed by atoms with E-state index in [1.54, 1.807) is 30.3 Å². The molecule has 0 unspecified atom stereocenters. The van der Waals surface area contributed by atoms with Crippen LogP contribution < -0.4 is 0 Å². The third kappa shape index (κ3) is 2.84. The van der Waals surface area contributed by atoms with Crippen LogP contribution in [0.1, 0.15) is 10.4 Å². The number of benzene rings is 1. The van der Waals surface area contributed by atoms with Crippen LogP contribution in [0.2, 0.25) is 0 Å². The second-order valence-electron chi connectivity index (χ2n) is 3.89. The minimum Gasteiger partial charge on any atom is -0.460 e. The van der Waals surface area contributed by atoms with Gasteiger partial charge in [0.15, 0.2) is 0 Å². The molecule has 0 saturated carbocycles. The molecule has 104 valence electrons. The van der Waals surface area contributed by atoms with Gasteiger partial charge in [-0.25, -0.2) is 4.79 Å². The van der Waals surface area contributed by atoms with Gasteiger partial charge in [0.05, 0.1) is 12.1 Å². The molecule has 0 radical (unpaired) electrons. The number of amides is 2. The van der Waals surface area contributed by atoms with Gasteiger partial charge < -0.3 is 4.74 Å². The van der Waals surface area contributed by atoms with Crippen molar-refractivity contribution in [1.29, 1.82) is 0 Å². The van der Waals surface area contributed by atoms with Gasteiger partial charge in [-0.15, -0.1) is 0 Å². The molecule has 0 saturated heterocycles. The Morgan fingerprint density at radius 2 is 1.60 bits per heavy atom. The summed E-state index contributed by atoms with van der Waals surface area (Å²) in [5.74, 6) is -1.90. The number of nitrogens with zero attached hydrogens (tertiary/aromatic N) is 1. The Kier molecular flexibility index (Phi) is 4.42. The average Bonchev–Trinajstić information content (AvgIpc) is 2.65. The lowest BCUT2D eigenvalue weighted by molar-refractivity contribution is -0.137. The van der Waals surface area contributed by atoms with Crippen molar-refractivity contribution in [3.05, 3.63) is 46.0 Å². The monoisotopic (exact) mass is 313 g/mol. The van der Waals surface area contributed by atoms with Crippen molar-refractivity contribution in [3.8, 4) is 0 Å². The first-order valence-electron chi connectivity index (χ1n) is 5.66. The van der Waals surface area contributed by atoms with Crippen LogP contribution in [0.25, 0.3) is 0 Å². The zero-order valence-corrected chi connectivity index (χ0v) is 11.6. The lowest BCUT2D eigenvalue weighted by atomic mass is 10.2. The van der Waals surface area contributed by atoms with Crippen LogP contribution in [0.3, 0.4) is 0 Å². The number of ether oxygens (including phenoxy) is 1. The van der Waals surface area contributed by atoms with E-state index in [2.05, 4.69) is 0 Å². The second-order valence-corrected chi connectivity index (χ2v) is 4.65. The molecule has 1 aromatic carbocycles. The first-order valence-corrected chi connectivity index (χ1v) is 6.41. The minimum atomic E-state index is -0.683. The normalized spacial score (nSPS) is 15.0. The summed E-state index contributed by atoms with van der Waals surface area (Å²) in [5.41, 5.74) is 0.390. The molecule has 2 amide bonds. The Bertz CT molecular complexity index is 574. The van der Waals surface area contributed by atoms with Crippen LogP contribution in [0, 0.1) is 0 Å². The fourth-order valence-corrected chi connectivity index (χ4v) is 1.97. The number of hydrogen-bond acceptors (Lipinski definition) is 4. The van der Waals surface area contributed by atoms with E-state index < -0.39 is 17.8 Å². The number of carbonyl (C=O) groups is 3. The zero-order valence-electron chi connectivity index (χ0n) is 10.1. The van der Waals surface area contributed by atoms with Crippen molar-refractivity contribution in [3.63, 3.8) is 0 Å². The van der Waals surface area contributed by atoms with Crippen LogP contribution in [-0.4, -0.2) is 35.8 Å².